The predicted molar refractivity (Wildman–Crippen MR) is 99.0 cm³/mol. The fraction of sp³-hybridized carbons (Fsp3) is 0.529. The Bertz CT molecular complexity index is 778. The lowest BCUT2D eigenvalue weighted by Gasteiger charge is -2.34. The zero-order valence-electron chi connectivity index (χ0n) is 13.8. The Hall–Kier alpha value is -1.37. The van der Waals surface area contributed by atoms with Crippen LogP contribution in [0.2, 0.25) is 5.02 Å². The van der Waals surface area contributed by atoms with Crippen molar-refractivity contribution in [2.45, 2.75) is 26.3 Å². The largest absolute Gasteiger partial charge is 0.339 e. The number of thiazole rings is 1. The maximum atomic E-state index is 12.6. The van der Waals surface area contributed by atoms with Crippen molar-refractivity contribution < 1.29 is 4.79 Å². The molecule has 1 aromatic heterocycles. The molecule has 1 aromatic carbocycles. The highest BCUT2D eigenvalue weighted by molar-refractivity contribution is 7.16. The molecule has 0 radical (unpaired) electrons. The van der Waals surface area contributed by atoms with Crippen LogP contribution in [0.25, 0.3) is 10.2 Å². The number of carbonyl (C=O) groups excluding carboxylic acids is 1. The molecule has 1 amide bonds. The fourth-order valence-electron chi connectivity index (χ4n) is 3.02. The second kappa shape index (κ2) is 7.68. The SMILES string of the molecule is CCCCN1CCN(C(=O)Cn2c(=O)sc3ccc(Cl)cc32)CC1. The Morgan fingerprint density at radius 1 is 1.25 bits per heavy atom. The van der Waals surface area contributed by atoms with Crippen molar-refractivity contribution in [1.82, 2.24) is 14.4 Å². The number of unbranched alkanes of at least 4 members (excludes halogenated alkanes) is 1. The van der Waals surface area contributed by atoms with Crippen LogP contribution in [0, 0.1) is 0 Å². The molecule has 1 fully saturated rings. The Balaban J connectivity index is 1.67. The average molecular weight is 368 g/mol. The lowest BCUT2D eigenvalue weighted by Crippen LogP contribution is -2.49. The van der Waals surface area contributed by atoms with E-state index in [0.717, 1.165) is 54.3 Å². The molecule has 7 heteroatoms. The molecule has 0 unspecified atom stereocenters. The molecule has 3 rings (SSSR count). The molecular weight excluding hydrogens is 346 g/mol. The molecule has 1 aliphatic heterocycles. The fourth-order valence-corrected chi connectivity index (χ4v) is 4.06. The van der Waals surface area contributed by atoms with Crippen molar-refractivity contribution in [3.8, 4) is 0 Å². The molecule has 1 saturated heterocycles. The van der Waals surface area contributed by atoms with Gasteiger partial charge in [-0.3, -0.25) is 19.1 Å². The van der Waals surface area contributed by atoms with E-state index in [9.17, 15) is 9.59 Å². The van der Waals surface area contributed by atoms with E-state index >= 15 is 0 Å². The van der Waals surface area contributed by atoms with Crippen molar-refractivity contribution in [3.05, 3.63) is 32.9 Å². The summed E-state index contributed by atoms with van der Waals surface area (Å²) in [6.07, 6.45) is 2.39. The lowest BCUT2D eigenvalue weighted by molar-refractivity contribution is -0.133. The second-order valence-electron chi connectivity index (χ2n) is 6.14. The molecule has 5 nitrogen and oxygen atoms in total. The third-order valence-corrected chi connectivity index (χ3v) is 5.67. The number of carbonyl (C=O) groups is 1. The first-order valence-corrected chi connectivity index (χ1v) is 9.57. The molecule has 0 saturated carbocycles. The maximum Gasteiger partial charge on any atom is 0.308 e. The third-order valence-electron chi connectivity index (χ3n) is 4.48. The summed E-state index contributed by atoms with van der Waals surface area (Å²) in [5.41, 5.74) is 0.743. The van der Waals surface area contributed by atoms with Crippen LogP contribution >= 0.6 is 22.9 Å². The number of hydrogen-bond acceptors (Lipinski definition) is 4. The van der Waals surface area contributed by atoms with E-state index in [1.807, 2.05) is 11.0 Å². The minimum atomic E-state index is -0.109. The predicted octanol–water partition coefficient (Wildman–Crippen LogP) is 2.66. The summed E-state index contributed by atoms with van der Waals surface area (Å²) in [4.78, 5) is 28.9. The molecule has 2 aromatic rings. The van der Waals surface area contributed by atoms with Gasteiger partial charge in [0.2, 0.25) is 5.91 Å². The van der Waals surface area contributed by atoms with Gasteiger partial charge in [0.15, 0.2) is 0 Å². The summed E-state index contributed by atoms with van der Waals surface area (Å²) < 4.78 is 2.40. The molecule has 130 valence electrons. The van der Waals surface area contributed by atoms with Crippen LogP contribution in [-0.2, 0) is 11.3 Å². The smallest absolute Gasteiger partial charge is 0.308 e. The Morgan fingerprint density at radius 2 is 2.00 bits per heavy atom. The number of halogens is 1. The summed E-state index contributed by atoms with van der Waals surface area (Å²) in [6.45, 7) is 6.68. The highest BCUT2D eigenvalue weighted by Crippen LogP contribution is 2.21. The molecule has 0 bridgehead atoms. The summed E-state index contributed by atoms with van der Waals surface area (Å²) >= 11 is 7.19. The minimum absolute atomic E-state index is 0.00640. The van der Waals surface area contributed by atoms with E-state index in [1.54, 1.807) is 12.1 Å². The monoisotopic (exact) mass is 367 g/mol. The normalized spacial score (nSPS) is 16.0. The van der Waals surface area contributed by atoms with Crippen molar-refractivity contribution >= 4 is 39.1 Å². The van der Waals surface area contributed by atoms with Gasteiger partial charge in [-0.05, 0) is 31.2 Å². The number of hydrogen-bond donors (Lipinski definition) is 0. The number of fused-ring (bicyclic) bond motifs is 1. The molecule has 1 aliphatic rings. The van der Waals surface area contributed by atoms with Gasteiger partial charge in [0.05, 0.1) is 10.2 Å². The third kappa shape index (κ3) is 3.82. The average Bonchev–Trinajstić information content (AvgIpc) is 2.88. The van der Waals surface area contributed by atoms with Crippen LogP contribution in [0.5, 0.6) is 0 Å². The maximum absolute atomic E-state index is 12.6. The van der Waals surface area contributed by atoms with Crippen LogP contribution in [0.4, 0.5) is 0 Å². The first-order valence-electron chi connectivity index (χ1n) is 8.37. The van der Waals surface area contributed by atoms with Gasteiger partial charge in [-0.1, -0.05) is 36.3 Å². The van der Waals surface area contributed by atoms with E-state index in [1.165, 1.54) is 17.4 Å². The zero-order chi connectivity index (χ0) is 17.1. The van der Waals surface area contributed by atoms with Gasteiger partial charge in [0, 0.05) is 31.2 Å². The van der Waals surface area contributed by atoms with E-state index in [-0.39, 0.29) is 17.3 Å². The van der Waals surface area contributed by atoms with Gasteiger partial charge in [0.25, 0.3) is 0 Å². The van der Waals surface area contributed by atoms with Crippen molar-refractivity contribution in [1.29, 1.82) is 0 Å². The lowest BCUT2D eigenvalue weighted by atomic mass is 10.2. The van der Waals surface area contributed by atoms with Crippen LogP contribution in [0.1, 0.15) is 19.8 Å². The van der Waals surface area contributed by atoms with E-state index in [2.05, 4.69) is 11.8 Å². The number of nitrogens with zero attached hydrogens (tertiary/aromatic N) is 3. The molecule has 0 aliphatic carbocycles. The van der Waals surface area contributed by atoms with Gasteiger partial charge >= 0.3 is 4.87 Å². The number of benzene rings is 1. The quantitative estimate of drug-likeness (QED) is 0.816. The summed E-state index contributed by atoms with van der Waals surface area (Å²) in [5.74, 6) is 0.00640. The van der Waals surface area contributed by atoms with E-state index in [4.69, 9.17) is 11.6 Å². The minimum Gasteiger partial charge on any atom is -0.339 e. The van der Waals surface area contributed by atoms with Crippen LogP contribution < -0.4 is 4.87 Å². The van der Waals surface area contributed by atoms with Gasteiger partial charge in [-0.2, -0.15) is 0 Å². The molecule has 0 N–H and O–H groups in total. The standard InChI is InChI=1S/C17H22ClN3O2S/c1-2-3-6-19-7-9-20(10-8-19)16(22)12-21-14-11-13(18)4-5-15(14)24-17(21)23/h4-5,11H,2-3,6-10,12H2,1H3. The number of amides is 1. The van der Waals surface area contributed by atoms with E-state index < -0.39 is 0 Å². The van der Waals surface area contributed by atoms with Crippen LogP contribution in [0.3, 0.4) is 0 Å². The Kier molecular flexibility index (Phi) is 5.58. The van der Waals surface area contributed by atoms with Crippen molar-refractivity contribution in [3.63, 3.8) is 0 Å². The van der Waals surface area contributed by atoms with Gasteiger partial charge < -0.3 is 4.90 Å². The highest BCUT2D eigenvalue weighted by atomic mass is 35.5. The van der Waals surface area contributed by atoms with Gasteiger partial charge in [-0.25, -0.2) is 0 Å². The van der Waals surface area contributed by atoms with Crippen molar-refractivity contribution in [2.75, 3.05) is 32.7 Å². The summed E-state index contributed by atoms with van der Waals surface area (Å²) in [6, 6.07) is 5.35. The number of rotatable bonds is 5. The van der Waals surface area contributed by atoms with Crippen molar-refractivity contribution in [2.24, 2.45) is 0 Å². The van der Waals surface area contributed by atoms with Gasteiger partial charge in [-0.15, -0.1) is 0 Å². The number of piperazine rings is 1. The highest BCUT2D eigenvalue weighted by Gasteiger charge is 2.22. The molecular formula is C17H22ClN3O2S. The van der Waals surface area contributed by atoms with Gasteiger partial charge in [0.1, 0.15) is 6.54 Å². The topological polar surface area (TPSA) is 45.5 Å². The van der Waals surface area contributed by atoms with Crippen LogP contribution in [0.15, 0.2) is 23.0 Å². The second-order valence-corrected chi connectivity index (χ2v) is 7.57. The van der Waals surface area contributed by atoms with E-state index in [0.29, 0.717) is 5.02 Å². The summed E-state index contributed by atoms with van der Waals surface area (Å²) in [5, 5.41) is 0.575. The first kappa shape index (κ1) is 17.5. The number of aromatic nitrogens is 1. The molecule has 2 heterocycles. The zero-order valence-corrected chi connectivity index (χ0v) is 15.4. The van der Waals surface area contributed by atoms with Crippen LogP contribution in [-0.4, -0.2) is 53.0 Å². The molecule has 0 atom stereocenters. The first-order chi connectivity index (χ1) is 11.6. The molecule has 0 spiro atoms. The summed E-state index contributed by atoms with van der Waals surface area (Å²) in [7, 11) is 0. The molecule has 24 heavy (non-hydrogen) atoms. The Morgan fingerprint density at radius 3 is 2.71 bits per heavy atom. The Labute approximate surface area is 150 Å².